The third kappa shape index (κ3) is 3.90. The van der Waals surface area contributed by atoms with Gasteiger partial charge in [0.15, 0.2) is 5.82 Å². The zero-order chi connectivity index (χ0) is 18.7. The van der Waals surface area contributed by atoms with Gasteiger partial charge in [0.05, 0.1) is 18.2 Å². The zero-order valence-electron chi connectivity index (χ0n) is 13.6. The van der Waals surface area contributed by atoms with Gasteiger partial charge in [0.25, 0.3) is 5.89 Å². The minimum absolute atomic E-state index is 0.0114. The molecule has 0 amide bonds. The van der Waals surface area contributed by atoms with Crippen molar-refractivity contribution in [2.45, 2.75) is 12.6 Å². The van der Waals surface area contributed by atoms with Crippen molar-refractivity contribution in [1.29, 1.82) is 0 Å². The standard InChI is InChI=1S/C18H13F3N2O3/c1-25-17(24)12-7-5-11(6-8-12)9-15-22-16(26-23-15)13-3-2-4-14(10-13)18(19,20)21/h2-8,10H,9H2,1H3. The Kier molecular flexibility index (Phi) is 4.75. The van der Waals surface area contributed by atoms with Crippen LogP contribution in [-0.2, 0) is 17.3 Å². The maximum Gasteiger partial charge on any atom is 0.416 e. The fourth-order valence-electron chi connectivity index (χ4n) is 2.33. The Labute approximate surface area is 146 Å². The minimum atomic E-state index is -4.44. The van der Waals surface area contributed by atoms with E-state index in [9.17, 15) is 18.0 Å². The van der Waals surface area contributed by atoms with Crippen molar-refractivity contribution < 1.29 is 27.2 Å². The van der Waals surface area contributed by atoms with E-state index in [1.807, 2.05) is 0 Å². The van der Waals surface area contributed by atoms with Crippen molar-refractivity contribution in [2.75, 3.05) is 7.11 Å². The summed E-state index contributed by atoms with van der Waals surface area (Å²) in [7, 11) is 1.30. The van der Waals surface area contributed by atoms with Crippen LogP contribution in [0.1, 0.15) is 27.3 Å². The number of methoxy groups -OCH3 is 1. The number of benzene rings is 2. The highest BCUT2D eigenvalue weighted by Gasteiger charge is 2.30. The summed E-state index contributed by atoms with van der Waals surface area (Å²) in [6.07, 6.45) is -4.13. The predicted octanol–water partition coefficient (Wildman–Crippen LogP) is 4.13. The summed E-state index contributed by atoms with van der Waals surface area (Å²) in [6, 6.07) is 11.3. The molecule has 0 radical (unpaired) electrons. The van der Waals surface area contributed by atoms with E-state index in [0.717, 1.165) is 17.7 Å². The third-order valence-electron chi connectivity index (χ3n) is 3.64. The molecule has 5 nitrogen and oxygen atoms in total. The molecule has 0 saturated carbocycles. The van der Waals surface area contributed by atoms with Crippen LogP contribution in [0.25, 0.3) is 11.5 Å². The van der Waals surface area contributed by atoms with Gasteiger partial charge in [-0.2, -0.15) is 18.2 Å². The predicted molar refractivity (Wildman–Crippen MR) is 85.3 cm³/mol. The highest BCUT2D eigenvalue weighted by molar-refractivity contribution is 5.89. The number of alkyl halides is 3. The molecule has 0 bridgehead atoms. The van der Waals surface area contributed by atoms with Crippen LogP contribution in [0.3, 0.4) is 0 Å². The summed E-state index contributed by atoms with van der Waals surface area (Å²) in [5, 5.41) is 3.79. The van der Waals surface area contributed by atoms with E-state index in [1.165, 1.54) is 19.2 Å². The van der Waals surface area contributed by atoms with E-state index in [-0.39, 0.29) is 11.5 Å². The van der Waals surface area contributed by atoms with Crippen molar-refractivity contribution in [3.63, 3.8) is 0 Å². The Balaban J connectivity index is 1.77. The molecule has 0 spiro atoms. The highest BCUT2D eigenvalue weighted by atomic mass is 19.4. The number of carbonyl (C=O) groups excluding carboxylic acids is 1. The second-order valence-corrected chi connectivity index (χ2v) is 5.46. The Hall–Kier alpha value is -3.16. The molecule has 1 aromatic heterocycles. The number of nitrogens with zero attached hydrogens (tertiary/aromatic N) is 2. The van der Waals surface area contributed by atoms with Crippen molar-refractivity contribution in [2.24, 2.45) is 0 Å². The molecule has 8 heteroatoms. The molecular weight excluding hydrogens is 349 g/mol. The van der Waals surface area contributed by atoms with Crippen LogP contribution in [0.5, 0.6) is 0 Å². The molecule has 3 rings (SSSR count). The lowest BCUT2D eigenvalue weighted by Gasteiger charge is -2.06. The van der Waals surface area contributed by atoms with Crippen LogP contribution in [0.4, 0.5) is 13.2 Å². The van der Waals surface area contributed by atoms with Gasteiger partial charge < -0.3 is 9.26 Å². The van der Waals surface area contributed by atoms with E-state index in [2.05, 4.69) is 14.9 Å². The van der Waals surface area contributed by atoms with E-state index in [0.29, 0.717) is 17.8 Å². The van der Waals surface area contributed by atoms with Crippen LogP contribution in [0.2, 0.25) is 0 Å². The van der Waals surface area contributed by atoms with Gasteiger partial charge in [-0.1, -0.05) is 23.4 Å². The molecule has 26 heavy (non-hydrogen) atoms. The normalized spacial score (nSPS) is 11.4. The number of carbonyl (C=O) groups is 1. The quantitative estimate of drug-likeness (QED) is 0.653. The Morgan fingerprint density at radius 3 is 2.54 bits per heavy atom. The van der Waals surface area contributed by atoms with Crippen molar-refractivity contribution in [3.8, 4) is 11.5 Å². The highest BCUT2D eigenvalue weighted by Crippen LogP contribution is 2.31. The molecular formula is C18H13F3N2O3. The molecule has 0 aliphatic heterocycles. The second kappa shape index (κ2) is 6.99. The number of ether oxygens (including phenoxy) is 1. The van der Waals surface area contributed by atoms with E-state index < -0.39 is 17.7 Å². The summed E-state index contributed by atoms with van der Waals surface area (Å²) >= 11 is 0. The van der Waals surface area contributed by atoms with Gasteiger partial charge in [-0.15, -0.1) is 0 Å². The van der Waals surface area contributed by atoms with Gasteiger partial charge in [-0.25, -0.2) is 4.79 Å². The van der Waals surface area contributed by atoms with Crippen LogP contribution in [0, 0.1) is 0 Å². The van der Waals surface area contributed by atoms with Crippen LogP contribution < -0.4 is 0 Å². The number of esters is 1. The topological polar surface area (TPSA) is 65.2 Å². The number of halogens is 3. The maximum atomic E-state index is 12.8. The zero-order valence-corrected chi connectivity index (χ0v) is 13.6. The van der Waals surface area contributed by atoms with E-state index >= 15 is 0 Å². The van der Waals surface area contributed by atoms with Gasteiger partial charge >= 0.3 is 12.1 Å². The second-order valence-electron chi connectivity index (χ2n) is 5.46. The monoisotopic (exact) mass is 362 g/mol. The lowest BCUT2D eigenvalue weighted by molar-refractivity contribution is -0.137. The first-order valence-corrected chi connectivity index (χ1v) is 7.54. The number of aromatic nitrogens is 2. The van der Waals surface area contributed by atoms with Crippen molar-refractivity contribution in [1.82, 2.24) is 10.1 Å². The number of rotatable bonds is 4. The number of hydrogen-bond acceptors (Lipinski definition) is 5. The fraction of sp³-hybridized carbons (Fsp3) is 0.167. The first-order chi connectivity index (χ1) is 12.4. The molecule has 134 valence electrons. The summed E-state index contributed by atoms with van der Waals surface area (Å²) in [5.41, 5.74) is 0.635. The Morgan fingerprint density at radius 1 is 1.15 bits per heavy atom. The molecule has 3 aromatic rings. The summed E-state index contributed by atoms with van der Waals surface area (Å²) in [4.78, 5) is 15.5. The van der Waals surface area contributed by atoms with Crippen LogP contribution in [0.15, 0.2) is 53.1 Å². The molecule has 2 aromatic carbocycles. The SMILES string of the molecule is COC(=O)c1ccc(Cc2noc(-c3cccc(C(F)(F)F)c3)n2)cc1. The van der Waals surface area contributed by atoms with Gasteiger partial charge in [0.1, 0.15) is 0 Å². The van der Waals surface area contributed by atoms with Gasteiger partial charge in [-0.3, -0.25) is 0 Å². The van der Waals surface area contributed by atoms with Gasteiger partial charge in [0.2, 0.25) is 0 Å². The largest absolute Gasteiger partial charge is 0.465 e. The molecule has 1 heterocycles. The molecule has 0 fully saturated rings. The molecule has 0 unspecified atom stereocenters. The molecule has 0 aliphatic carbocycles. The van der Waals surface area contributed by atoms with Crippen LogP contribution >= 0.6 is 0 Å². The lowest BCUT2D eigenvalue weighted by Crippen LogP contribution is -2.04. The van der Waals surface area contributed by atoms with E-state index in [1.54, 1.807) is 24.3 Å². The minimum Gasteiger partial charge on any atom is -0.465 e. The first-order valence-electron chi connectivity index (χ1n) is 7.54. The maximum absolute atomic E-state index is 12.8. The summed E-state index contributed by atoms with van der Waals surface area (Å²) in [6.45, 7) is 0. The lowest BCUT2D eigenvalue weighted by atomic mass is 10.1. The molecule has 0 aliphatic rings. The van der Waals surface area contributed by atoms with Crippen molar-refractivity contribution >= 4 is 5.97 Å². The van der Waals surface area contributed by atoms with E-state index in [4.69, 9.17) is 4.52 Å². The van der Waals surface area contributed by atoms with Crippen molar-refractivity contribution in [3.05, 3.63) is 71.0 Å². The van der Waals surface area contributed by atoms with Gasteiger partial charge in [0, 0.05) is 12.0 Å². The fourth-order valence-corrected chi connectivity index (χ4v) is 2.33. The average molecular weight is 362 g/mol. The first kappa shape index (κ1) is 17.7. The Bertz CT molecular complexity index is 918. The molecule has 0 N–H and O–H groups in total. The molecule has 0 atom stereocenters. The summed E-state index contributed by atoms with van der Waals surface area (Å²) in [5.74, 6) is -0.108. The number of hydrogen-bond donors (Lipinski definition) is 0. The third-order valence-corrected chi connectivity index (χ3v) is 3.64. The smallest absolute Gasteiger partial charge is 0.416 e. The molecule has 0 saturated heterocycles. The summed E-state index contributed by atoms with van der Waals surface area (Å²) < 4.78 is 48.1. The van der Waals surface area contributed by atoms with Gasteiger partial charge in [-0.05, 0) is 35.9 Å². The average Bonchev–Trinajstić information content (AvgIpc) is 3.09. The Morgan fingerprint density at radius 2 is 1.88 bits per heavy atom. The van der Waals surface area contributed by atoms with Crippen LogP contribution in [-0.4, -0.2) is 23.2 Å².